The van der Waals surface area contributed by atoms with Crippen molar-refractivity contribution in [2.75, 3.05) is 6.61 Å². The van der Waals surface area contributed by atoms with Gasteiger partial charge in [0.15, 0.2) is 0 Å². The van der Waals surface area contributed by atoms with Crippen molar-refractivity contribution in [2.45, 2.75) is 32.6 Å². The Morgan fingerprint density at radius 3 is 2.50 bits per heavy atom. The number of aryl methyl sites for hydroxylation is 3. The molecule has 2 aromatic carbocycles. The minimum Gasteiger partial charge on any atom is -0.494 e. The SMILES string of the molecule is CCOc1cc(S(=O)(=O)n2c(C)nc3ccccc32)c(C)cc1C. The fraction of sp³-hybridized carbons (Fsp3) is 0.278. The summed E-state index contributed by atoms with van der Waals surface area (Å²) in [6, 6.07) is 10.7. The first-order valence-electron chi connectivity index (χ1n) is 7.80. The molecular formula is C18H20N2O3S. The summed E-state index contributed by atoms with van der Waals surface area (Å²) in [6.07, 6.45) is 0. The lowest BCUT2D eigenvalue weighted by Crippen LogP contribution is -2.16. The highest BCUT2D eigenvalue weighted by molar-refractivity contribution is 7.90. The summed E-state index contributed by atoms with van der Waals surface area (Å²) < 4.78 is 33.4. The summed E-state index contributed by atoms with van der Waals surface area (Å²) in [5.41, 5.74) is 2.84. The van der Waals surface area contributed by atoms with Gasteiger partial charge in [0, 0.05) is 6.07 Å². The van der Waals surface area contributed by atoms with Crippen molar-refractivity contribution in [3.05, 3.63) is 53.3 Å². The van der Waals surface area contributed by atoms with Crippen LogP contribution in [0.3, 0.4) is 0 Å². The number of imidazole rings is 1. The molecule has 3 aromatic rings. The Bertz CT molecular complexity index is 1020. The summed E-state index contributed by atoms with van der Waals surface area (Å²) >= 11 is 0. The van der Waals surface area contributed by atoms with E-state index in [9.17, 15) is 8.42 Å². The maximum atomic E-state index is 13.3. The molecule has 0 fully saturated rings. The first kappa shape index (κ1) is 16.5. The summed E-state index contributed by atoms with van der Waals surface area (Å²) in [5, 5.41) is 0. The lowest BCUT2D eigenvalue weighted by Gasteiger charge is -2.15. The van der Waals surface area contributed by atoms with Gasteiger partial charge in [0.2, 0.25) is 0 Å². The molecular weight excluding hydrogens is 324 g/mol. The van der Waals surface area contributed by atoms with Gasteiger partial charge in [-0.05, 0) is 51.0 Å². The van der Waals surface area contributed by atoms with E-state index in [4.69, 9.17) is 4.74 Å². The van der Waals surface area contributed by atoms with E-state index in [0.29, 0.717) is 34.8 Å². The van der Waals surface area contributed by atoms with Crippen LogP contribution in [0.2, 0.25) is 0 Å². The highest BCUT2D eigenvalue weighted by Crippen LogP contribution is 2.30. The minimum absolute atomic E-state index is 0.239. The third kappa shape index (κ3) is 2.57. The Morgan fingerprint density at radius 1 is 1.08 bits per heavy atom. The van der Waals surface area contributed by atoms with Gasteiger partial charge in [-0.25, -0.2) is 17.4 Å². The van der Waals surface area contributed by atoms with Crippen LogP contribution in [0.25, 0.3) is 11.0 Å². The molecule has 126 valence electrons. The van der Waals surface area contributed by atoms with Gasteiger partial charge in [0.25, 0.3) is 10.0 Å². The van der Waals surface area contributed by atoms with E-state index in [1.807, 2.05) is 38.1 Å². The summed E-state index contributed by atoms with van der Waals surface area (Å²) in [5.74, 6) is 1.03. The fourth-order valence-electron chi connectivity index (χ4n) is 2.93. The van der Waals surface area contributed by atoms with Crippen LogP contribution in [0.1, 0.15) is 23.9 Å². The van der Waals surface area contributed by atoms with Crippen molar-refractivity contribution in [1.82, 2.24) is 8.96 Å². The molecule has 1 heterocycles. The Morgan fingerprint density at radius 2 is 1.79 bits per heavy atom. The molecule has 0 saturated carbocycles. The van der Waals surface area contributed by atoms with Gasteiger partial charge >= 0.3 is 0 Å². The molecule has 0 radical (unpaired) electrons. The van der Waals surface area contributed by atoms with Crippen LogP contribution in [0.5, 0.6) is 5.75 Å². The topological polar surface area (TPSA) is 61.2 Å². The van der Waals surface area contributed by atoms with Gasteiger partial charge in [0.05, 0.1) is 22.5 Å². The van der Waals surface area contributed by atoms with E-state index in [1.54, 1.807) is 26.0 Å². The third-order valence-corrected chi connectivity index (χ3v) is 5.90. The van der Waals surface area contributed by atoms with Gasteiger partial charge in [-0.15, -0.1) is 0 Å². The highest BCUT2D eigenvalue weighted by Gasteiger charge is 2.25. The average molecular weight is 344 g/mol. The molecule has 0 aliphatic heterocycles. The third-order valence-electron chi connectivity index (χ3n) is 3.97. The van der Waals surface area contributed by atoms with Crippen molar-refractivity contribution < 1.29 is 13.2 Å². The van der Waals surface area contributed by atoms with Gasteiger partial charge in [0.1, 0.15) is 11.6 Å². The first-order valence-corrected chi connectivity index (χ1v) is 9.24. The van der Waals surface area contributed by atoms with E-state index in [2.05, 4.69) is 4.98 Å². The van der Waals surface area contributed by atoms with E-state index >= 15 is 0 Å². The molecule has 0 unspecified atom stereocenters. The van der Waals surface area contributed by atoms with Crippen molar-refractivity contribution in [3.63, 3.8) is 0 Å². The molecule has 24 heavy (non-hydrogen) atoms. The monoisotopic (exact) mass is 344 g/mol. The number of aromatic nitrogens is 2. The molecule has 0 N–H and O–H groups in total. The molecule has 0 spiro atoms. The van der Waals surface area contributed by atoms with Gasteiger partial charge in [-0.2, -0.15) is 0 Å². The Balaban J connectivity index is 2.28. The molecule has 0 bridgehead atoms. The maximum absolute atomic E-state index is 13.3. The smallest absolute Gasteiger partial charge is 0.270 e. The Kier molecular flexibility index (Phi) is 4.09. The van der Waals surface area contributed by atoms with Crippen molar-refractivity contribution >= 4 is 21.1 Å². The van der Waals surface area contributed by atoms with Crippen LogP contribution >= 0.6 is 0 Å². The van der Waals surface area contributed by atoms with Crippen LogP contribution < -0.4 is 4.74 Å². The van der Waals surface area contributed by atoms with Gasteiger partial charge in [-0.3, -0.25) is 0 Å². The average Bonchev–Trinajstić information content (AvgIpc) is 2.86. The number of hydrogen-bond donors (Lipinski definition) is 0. The lowest BCUT2D eigenvalue weighted by molar-refractivity contribution is 0.337. The lowest BCUT2D eigenvalue weighted by atomic mass is 10.1. The quantitative estimate of drug-likeness (QED) is 0.725. The number of benzene rings is 2. The number of rotatable bonds is 4. The molecule has 3 rings (SSSR count). The highest BCUT2D eigenvalue weighted by atomic mass is 32.2. The fourth-order valence-corrected chi connectivity index (χ4v) is 4.65. The standard InChI is InChI=1S/C18H20N2O3S/c1-5-23-17-11-18(13(3)10-12(17)2)24(21,22)20-14(4)19-15-8-6-7-9-16(15)20/h6-11H,5H2,1-4H3. The van der Waals surface area contributed by atoms with Gasteiger partial charge < -0.3 is 4.74 Å². The van der Waals surface area contributed by atoms with E-state index in [-0.39, 0.29) is 4.90 Å². The summed E-state index contributed by atoms with van der Waals surface area (Å²) in [7, 11) is -3.77. The number of nitrogens with zero attached hydrogens (tertiary/aromatic N) is 2. The Hall–Kier alpha value is -2.34. The molecule has 0 aliphatic carbocycles. The molecule has 0 atom stereocenters. The summed E-state index contributed by atoms with van der Waals surface area (Å²) in [4.78, 5) is 4.60. The number of hydrogen-bond acceptors (Lipinski definition) is 4. The van der Waals surface area contributed by atoms with Crippen LogP contribution in [0.4, 0.5) is 0 Å². The maximum Gasteiger partial charge on any atom is 0.270 e. The molecule has 5 nitrogen and oxygen atoms in total. The summed E-state index contributed by atoms with van der Waals surface area (Å²) in [6.45, 7) is 7.76. The predicted molar refractivity (Wildman–Crippen MR) is 94.1 cm³/mol. The van der Waals surface area contributed by atoms with Crippen LogP contribution in [0.15, 0.2) is 41.3 Å². The molecule has 0 aliphatic rings. The van der Waals surface area contributed by atoms with Crippen LogP contribution in [0, 0.1) is 20.8 Å². The number of para-hydroxylation sites is 2. The predicted octanol–water partition coefficient (Wildman–Crippen LogP) is 3.60. The van der Waals surface area contributed by atoms with Crippen molar-refractivity contribution in [3.8, 4) is 5.75 Å². The van der Waals surface area contributed by atoms with Gasteiger partial charge in [-0.1, -0.05) is 18.2 Å². The zero-order valence-corrected chi connectivity index (χ0v) is 15.0. The molecule has 1 aromatic heterocycles. The zero-order chi connectivity index (χ0) is 17.5. The zero-order valence-electron chi connectivity index (χ0n) is 14.2. The van der Waals surface area contributed by atoms with Crippen LogP contribution in [-0.4, -0.2) is 24.0 Å². The van der Waals surface area contributed by atoms with Crippen molar-refractivity contribution in [2.24, 2.45) is 0 Å². The van der Waals surface area contributed by atoms with E-state index < -0.39 is 10.0 Å². The minimum atomic E-state index is -3.77. The second-order valence-electron chi connectivity index (χ2n) is 5.73. The number of fused-ring (bicyclic) bond motifs is 1. The second-order valence-corrected chi connectivity index (χ2v) is 7.49. The molecule has 6 heteroatoms. The molecule has 0 saturated heterocycles. The second kappa shape index (κ2) is 5.94. The van der Waals surface area contributed by atoms with E-state index in [1.165, 1.54) is 3.97 Å². The van der Waals surface area contributed by atoms with Crippen LogP contribution in [-0.2, 0) is 10.0 Å². The van der Waals surface area contributed by atoms with E-state index in [0.717, 1.165) is 5.56 Å². The first-order chi connectivity index (χ1) is 11.4. The normalized spacial score (nSPS) is 11.8. The largest absolute Gasteiger partial charge is 0.494 e. The molecule has 0 amide bonds. The Labute approximate surface area is 142 Å². The number of ether oxygens (including phenoxy) is 1. The van der Waals surface area contributed by atoms with Crippen molar-refractivity contribution in [1.29, 1.82) is 0 Å².